The molecule has 0 bridgehead atoms. The Labute approximate surface area is 127 Å². The average Bonchev–Trinajstić information content (AvgIpc) is 2.85. The molecule has 0 radical (unpaired) electrons. The van der Waals surface area contributed by atoms with Crippen LogP contribution in [0.2, 0.25) is 0 Å². The van der Waals surface area contributed by atoms with E-state index in [1.165, 1.54) is 24.7 Å². The van der Waals surface area contributed by atoms with Gasteiger partial charge in [0.05, 0.1) is 18.9 Å². The molecule has 3 N–H and O–H groups in total. The Morgan fingerprint density at radius 1 is 1.60 bits per heavy atom. The summed E-state index contributed by atoms with van der Waals surface area (Å²) in [6, 6.07) is 5.23. The first-order chi connectivity index (χ1) is 9.61. The van der Waals surface area contributed by atoms with Gasteiger partial charge >= 0.3 is 5.97 Å². The third-order valence-electron chi connectivity index (χ3n) is 2.33. The van der Waals surface area contributed by atoms with Crippen LogP contribution < -0.4 is 11.2 Å². The molecule has 0 aliphatic carbocycles. The van der Waals surface area contributed by atoms with Gasteiger partial charge in [0.15, 0.2) is 0 Å². The van der Waals surface area contributed by atoms with E-state index in [1.807, 2.05) is 6.07 Å². The molecule has 0 fully saturated rings. The average molecular weight is 355 g/mol. The molecule has 104 valence electrons. The monoisotopic (exact) mass is 354 g/mol. The minimum absolute atomic E-state index is 0.422. The Morgan fingerprint density at radius 3 is 3.05 bits per heavy atom. The van der Waals surface area contributed by atoms with Crippen molar-refractivity contribution in [3.63, 3.8) is 0 Å². The van der Waals surface area contributed by atoms with Gasteiger partial charge < -0.3 is 10.5 Å². The van der Waals surface area contributed by atoms with E-state index in [0.29, 0.717) is 22.1 Å². The van der Waals surface area contributed by atoms with Crippen molar-refractivity contribution >= 4 is 50.4 Å². The van der Waals surface area contributed by atoms with Crippen LogP contribution in [0.15, 0.2) is 33.2 Å². The van der Waals surface area contributed by atoms with Gasteiger partial charge in [-0.05, 0) is 12.1 Å². The summed E-state index contributed by atoms with van der Waals surface area (Å²) >= 11 is 4.71. The fourth-order valence-corrected chi connectivity index (χ4v) is 2.46. The molecule has 0 aliphatic rings. The van der Waals surface area contributed by atoms with Crippen LogP contribution in [0.1, 0.15) is 15.9 Å². The largest absolute Gasteiger partial charge is 0.465 e. The van der Waals surface area contributed by atoms with E-state index >= 15 is 0 Å². The molecule has 8 heteroatoms. The number of hydrogen-bond donors (Lipinski definition) is 2. The number of aromatic nitrogens is 1. The highest BCUT2D eigenvalue weighted by atomic mass is 79.9. The first kappa shape index (κ1) is 14.5. The van der Waals surface area contributed by atoms with Gasteiger partial charge in [0, 0.05) is 15.4 Å². The number of benzene rings is 1. The van der Waals surface area contributed by atoms with Gasteiger partial charge in [-0.1, -0.05) is 22.0 Å². The van der Waals surface area contributed by atoms with Crippen LogP contribution in [0.5, 0.6) is 0 Å². The van der Waals surface area contributed by atoms with Crippen molar-refractivity contribution in [3.05, 3.63) is 39.2 Å². The summed E-state index contributed by atoms with van der Waals surface area (Å²) in [5.41, 5.74) is 9.30. The number of nitrogens with one attached hydrogen (secondary N) is 1. The van der Waals surface area contributed by atoms with Crippen LogP contribution >= 0.6 is 27.3 Å². The highest BCUT2D eigenvalue weighted by molar-refractivity contribution is 9.10. The second-order valence-electron chi connectivity index (χ2n) is 3.64. The number of nitrogen functional groups attached to an aromatic ring is 1. The highest BCUT2D eigenvalue weighted by Crippen LogP contribution is 2.20. The smallest absolute Gasteiger partial charge is 0.338 e. The molecule has 0 unspecified atom stereocenters. The Hall–Kier alpha value is -1.93. The second kappa shape index (κ2) is 6.49. The van der Waals surface area contributed by atoms with Gasteiger partial charge in [-0.15, -0.1) is 11.3 Å². The van der Waals surface area contributed by atoms with Crippen LogP contribution in [0.25, 0.3) is 0 Å². The molecule has 0 saturated heterocycles. The number of esters is 1. The molecule has 2 aromatic rings. The molecular formula is C12H11BrN4O2S. The van der Waals surface area contributed by atoms with Crippen molar-refractivity contribution in [1.82, 2.24) is 4.98 Å². The molecule has 0 spiro atoms. The summed E-state index contributed by atoms with van der Waals surface area (Å²) in [5.74, 6) is 0.00934. The fourth-order valence-electron chi connectivity index (χ4n) is 1.45. The van der Waals surface area contributed by atoms with Crippen molar-refractivity contribution in [2.75, 3.05) is 18.3 Å². The number of ether oxygens (including phenoxy) is 1. The van der Waals surface area contributed by atoms with Gasteiger partial charge in [-0.3, -0.25) is 5.43 Å². The molecule has 0 atom stereocenters. The van der Waals surface area contributed by atoms with Crippen LogP contribution in [-0.4, -0.2) is 24.3 Å². The van der Waals surface area contributed by atoms with Gasteiger partial charge in [-0.25, -0.2) is 9.78 Å². The number of nitrogens with two attached hydrogens (primary N) is 1. The Morgan fingerprint density at radius 2 is 2.40 bits per heavy atom. The van der Waals surface area contributed by atoms with E-state index in [0.717, 1.165) is 4.47 Å². The minimum Gasteiger partial charge on any atom is -0.465 e. The maximum absolute atomic E-state index is 11.7. The first-order valence-electron chi connectivity index (χ1n) is 5.48. The van der Waals surface area contributed by atoms with E-state index in [1.54, 1.807) is 17.5 Å². The fraction of sp³-hybridized carbons (Fsp3) is 0.0833. The lowest BCUT2D eigenvalue weighted by atomic mass is 10.1. The van der Waals surface area contributed by atoms with E-state index in [9.17, 15) is 4.79 Å². The molecule has 6 nitrogen and oxygen atoms in total. The van der Waals surface area contributed by atoms with Gasteiger partial charge in [0.2, 0.25) is 5.13 Å². The molecule has 2 rings (SSSR count). The third kappa shape index (κ3) is 3.34. The van der Waals surface area contributed by atoms with Crippen molar-refractivity contribution < 1.29 is 9.53 Å². The van der Waals surface area contributed by atoms with Gasteiger partial charge in [-0.2, -0.15) is 5.10 Å². The molecule has 0 saturated carbocycles. The topological polar surface area (TPSA) is 89.6 Å². The number of anilines is 2. The highest BCUT2D eigenvalue weighted by Gasteiger charge is 2.12. The Balaban J connectivity index is 2.21. The predicted octanol–water partition coefficient (Wildman–Crippen LogP) is 2.72. The zero-order valence-corrected chi connectivity index (χ0v) is 12.9. The first-order valence-corrected chi connectivity index (χ1v) is 7.16. The molecule has 0 aliphatic heterocycles. The number of nitrogens with zero attached hydrogens (tertiary/aromatic N) is 2. The van der Waals surface area contributed by atoms with Crippen LogP contribution in [-0.2, 0) is 4.74 Å². The molecule has 1 aromatic carbocycles. The lowest BCUT2D eigenvalue weighted by Gasteiger charge is -2.05. The Bertz CT molecular complexity index is 657. The number of thiazole rings is 1. The number of hydrazone groups is 1. The quantitative estimate of drug-likeness (QED) is 0.500. The summed E-state index contributed by atoms with van der Waals surface area (Å²) in [7, 11) is 1.33. The van der Waals surface area contributed by atoms with E-state index in [2.05, 4.69) is 31.4 Å². The van der Waals surface area contributed by atoms with Crippen molar-refractivity contribution in [2.45, 2.75) is 0 Å². The van der Waals surface area contributed by atoms with Gasteiger partial charge in [0.1, 0.15) is 5.82 Å². The predicted molar refractivity (Wildman–Crippen MR) is 83.2 cm³/mol. The number of rotatable bonds is 4. The zero-order chi connectivity index (χ0) is 14.5. The number of halogens is 1. The van der Waals surface area contributed by atoms with Crippen LogP contribution in [0, 0.1) is 0 Å². The number of carbonyl (C=O) groups excluding carboxylic acids is 1. The zero-order valence-electron chi connectivity index (χ0n) is 10.5. The lowest BCUT2D eigenvalue weighted by Crippen LogP contribution is -2.06. The minimum atomic E-state index is -0.425. The lowest BCUT2D eigenvalue weighted by molar-refractivity contribution is 0.0600. The molecule has 20 heavy (non-hydrogen) atoms. The normalized spacial score (nSPS) is 10.7. The van der Waals surface area contributed by atoms with E-state index in [-0.39, 0.29) is 0 Å². The Kier molecular flexibility index (Phi) is 4.70. The van der Waals surface area contributed by atoms with E-state index in [4.69, 9.17) is 10.5 Å². The standard InChI is InChI=1S/C12H11BrN4O2S/c1-19-11(18)7-3-2-4-9(13)8(7)5-15-17-12-16-10(14)6-20-12/h2-6H,14H2,1H3,(H,16,17). The molecule has 1 heterocycles. The summed E-state index contributed by atoms with van der Waals surface area (Å²) in [6.45, 7) is 0. The van der Waals surface area contributed by atoms with Crippen molar-refractivity contribution in [1.29, 1.82) is 0 Å². The number of carbonyl (C=O) groups is 1. The number of hydrogen-bond acceptors (Lipinski definition) is 7. The van der Waals surface area contributed by atoms with Crippen molar-refractivity contribution in [3.8, 4) is 0 Å². The van der Waals surface area contributed by atoms with E-state index < -0.39 is 5.97 Å². The summed E-state index contributed by atoms with van der Waals surface area (Å²) < 4.78 is 5.47. The van der Waals surface area contributed by atoms with Crippen LogP contribution in [0.4, 0.5) is 10.9 Å². The number of methoxy groups -OCH3 is 1. The third-order valence-corrected chi connectivity index (χ3v) is 3.79. The molecule has 0 amide bonds. The summed E-state index contributed by atoms with van der Waals surface area (Å²) in [4.78, 5) is 15.7. The summed E-state index contributed by atoms with van der Waals surface area (Å²) in [5, 5.41) is 6.32. The van der Waals surface area contributed by atoms with Gasteiger partial charge in [0.25, 0.3) is 0 Å². The molecular weight excluding hydrogens is 344 g/mol. The maximum Gasteiger partial charge on any atom is 0.338 e. The second-order valence-corrected chi connectivity index (χ2v) is 5.35. The van der Waals surface area contributed by atoms with Crippen molar-refractivity contribution in [2.24, 2.45) is 5.10 Å². The SMILES string of the molecule is COC(=O)c1cccc(Br)c1C=NNc1nc(N)cs1. The van der Waals surface area contributed by atoms with Crippen LogP contribution in [0.3, 0.4) is 0 Å². The molecule has 1 aromatic heterocycles. The maximum atomic E-state index is 11.7. The summed E-state index contributed by atoms with van der Waals surface area (Å²) in [6.07, 6.45) is 1.52.